The summed E-state index contributed by atoms with van der Waals surface area (Å²) >= 11 is 0. The lowest BCUT2D eigenvalue weighted by Crippen LogP contribution is -2.47. The van der Waals surface area contributed by atoms with Crippen LogP contribution >= 0.6 is 0 Å². The molecule has 2 heterocycles. The number of para-hydroxylation sites is 1. The molecule has 2 aromatic rings. The number of carbonyl (C=O) groups is 3. The lowest BCUT2D eigenvalue weighted by molar-refractivity contribution is -0.135. The summed E-state index contributed by atoms with van der Waals surface area (Å²) in [6, 6.07) is 8.86. The van der Waals surface area contributed by atoms with E-state index in [-0.39, 0.29) is 18.2 Å². The molecule has 1 aromatic carbocycles. The number of hydrogen-bond donors (Lipinski definition) is 2. The van der Waals surface area contributed by atoms with Crippen molar-refractivity contribution in [1.82, 2.24) is 15.8 Å². The molecule has 0 aliphatic carbocycles. The fraction of sp³-hybridized carbons (Fsp3) is 0.353. The zero-order valence-electron chi connectivity index (χ0n) is 13.2. The van der Waals surface area contributed by atoms with Crippen molar-refractivity contribution in [2.24, 2.45) is 0 Å². The minimum Gasteiger partial charge on any atom is -0.451 e. The van der Waals surface area contributed by atoms with Crippen molar-refractivity contribution >= 4 is 28.7 Å². The number of amides is 3. The van der Waals surface area contributed by atoms with Crippen molar-refractivity contribution in [2.75, 3.05) is 13.1 Å². The van der Waals surface area contributed by atoms with Gasteiger partial charge in [-0.2, -0.15) is 0 Å². The summed E-state index contributed by atoms with van der Waals surface area (Å²) in [6.45, 7) is 0.517. The van der Waals surface area contributed by atoms with E-state index in [0.717, 1.165) is 24.6 Å². The third-order valence-electron chi connectivity index (χ3n) is 3.97. The summed E-state index contributed by atoms with van der Waals surface area (Å²) in [5.41, 5.74) is 5.23. The standard InChI is InChI=1S/C17H19N3O4/c21-15(11-20-9-5-1-2-8-16(20)22)18-19-17(23)14-10-12-6-3-4-7-13(12)24-14/h3-4,6-7,10H,1-2,5,8-9,11H2,(H,18,21)(H,19,23). The highest BCUT2D eigenvalue weighted by molar-refractivity contribution is 5.97. The topological polar surface area (TPSA) is 91.7 Å². The monoisotopic (exact) mass is 329 g/mol. The molecule has 0 atom stereocenters. The SMILES string of the molecule is O=C(CN1CCCCCC1=O)NNC(=O)c1cc2ccccc2o1. The molecule has 3 amide bonds. The number of nitrogens with one attached hydrogen (secondary N) is 2. The molecule has 126 valence electrons. The maximum atomic E-state index is 12.0. The lowest BCUT2D eigenvalue weighted by atomic mass is 10.2. The molecule has 7 heteroatoms. The molecule has 0 radical (unpaired) electrons. The first-order chi connectivity index (χ1) is 11.6. The molecule has 0 saturated carbocycles. The molecule has 0 unspecified atom stereocenters. The smallest absolute Gasteiger partial charge is 0.305 e. The first-order valence-corrected chi connectivity index (χ1v) is 7.99. The number of benzene rings is 1. The summed E-state index contributed by atoms with van der Waals surface area (Å²) in [5.74, 6) is -0.884. The molecule has 2 N–H and O–H groups in total. The fourth-order valence-corrected chi connectivity index (χ4v) is 2.70. The second-order valence-corrected chi connectivity index (χ2v) is 5.78. The van der Waals surface area contributed by atoms with Gasteiger partial charge < -0.3 is 9.32 Å². The highest BCUT2D eigenvalue weighted by Crippen LogP contribution is 2.18. The van der Waals surface area contributed by atoms with Crippen LogP contribution in [0.25, 0.3) is 11.0 Å². The Morgan fingerprint density at radius 3 is 2.79 bits per heavy atom. The van der Waals surface area contributed by atoms with Crippen LogP contribution in [0.1, 0.15) is 36.2 Å². The number of furan rings is 1. The van der Waals surface area contributed by atoms with E-state index >= 15 is 0 Å². The van der Waals surface area contributed by atoms with E-state index < -0.39 is 11.8 Å². The number of hydrogen-bond acceptors (Lipinski definition) is 4. The molecule has 0 bridgehead atoms. The normalized spacial score (nSPS) is 15.2. The molecule has 1 fully saturated rings. The molecule has 1 aromatic heterocycles. The second-order valence-electron chi connectivity index (χ2n) is 5.78. The molecule has 7 nitrogen and oxygen atoms in total. The van der Waals surface area contributed by atoms with E-state index in [2.05, 4.69) is 10.9 Å². The van der Waals surface area contributed by atoms with Crippen LogP contribution in [0.4, 0.5) is 0 Å². The summed E-state index contributed by atoms with van der Waals surface area (Å²) in [4.78, 5) is 37.3. The van der Waals surface area contributed by atoms with Crippen molar-refractivity contribution < 1.29 is 18.8 Å². The van der Waals surface area contributed by atoms with E-state index in [9.17, 15) is 14.4 Å². The van der Waals surface area contributed by atoms with Crippen molar-refractivity contribution in [3.63, 3.8) is 0 Å². The Kier molecular flexibility index (Phi) is 4.79. The van der Waals surface area contributed by atoms with Crippen LogP contribution in [0.15, 0.2) is 34.7 Å². The van der Waals surface area contributed by atoms with Gasteiger partial charge in [-0.25, -0.2) is 0 Å². The second kappa shape index (κ2) is 7.16. The van der Waals surface area contributed by atoms with Gasteiger partial charge in [-0.1, -0.05) is 24.6 Å². The largest absolute Gasteiger partial charge is 0.451 e. The predicted octanol–water partition coefficient (Wildman–Crippen LogP) is 1.60. The van der Waals surface area contributed by atoms with Gasteiger partial charge in [-0.15, -0.1) is 0 Å². The van der Waals surface area contributed by atoms with Gasteiger partial charge in [0.15, 0.2) is 5.76 Å². The van der Waals surface area contributed by atoms with E-state index in [4.69, 9.17) is 4.42 Å². The molecule has 1 aliphatic heterocycles. The number of likely N-dealkylation sites (tertiary alicyclic amines) is 1. The van der Waals surface area contributed by atoms with Gasteiger partial charge >= 0.3 is 5.91 Å². The van der Waals surface area contributed by atoms with Crippen LogP contribution in [0.3, 0.4) is 0 Å². The van der Waals surface area contributed by atoms with E-state index in [1.807, 2.05) is 18.2 Å². The minimum absolute atomic E-state index is 0.0220. The average molecular weight is 329 g/mol. The first-order valence-electron chi connectivity index (χ1n) is 7.99. The van der Waals surface area contributed by atoms with Crippen molar-refractivity contribution in [3.05, 3.63) is 36.1 Å². The van der Waals surface area contributed by atoms with Crippen LogP contribution in [0, 0.1) is 0 Å². The van der Waals surface area contributed by atoms with Crippen LogP contribution < -0.4 is 10.9 Å². The molecule has 1 saturated heterocycles. The quantitative estimate of drug-likeness (QED) is 0.837. The summed E-state index contributed by atoms with van der Waals surface area (Å²) in [6.07, 6.45) is 3.22. The third kappa shape index (κ3) is 3.73. The zero-order valence-corrected chi connectivity index (χ0v) is 13.2. The fourth-order valence-electron chi connectivity index (χ4n) is 2.70. The molecule has 24 heavy (non-hydrogen) atoms. The maximum Gasteiger partial charge on any atom is 0.305 e. The Balaban J connectivity index is 1.53. The highest BCUT2D eigenvalue weighted by atomic mass is 16.3. The Labute approximate surface area is 139 Å². The summed E-state index contributed by atoms with van der Waals surface area (Å²) in [7, 11) is 0. The number of nitrogens with zero attached hydrogens (tertiary/aromatic N) is 1. The van der Waals surface area contributed by atoms with Crippen LogP contribution in [0.5, 0.6) is 0 Å². The summed E-state index contributed by atoms with van der Waals surface area (Å²) in [5, 5.41) is 0.809. The number of carbonyl (C=O) groups excluding carboxylic acids is 3. The molecule has 0 spiro atoms. The van der Waals surface area contributed by atoms with Crippen molar-refractivity contribution in [2.45, 2.75) is 25.7 Å². The van der Waals surface area contributed by atoms with Crippen molar-refractivity contribution in [1.29, 1.82) is 0 Å². The Morgan fingerprint density at radius 1 is 1.12 bits per heavy atom. The Bertz CT molecular complexity index is 735. The van der Waals surface area contributed by atoms with E-state index in [1.165, 1.54) is 4.90 Å². The minimum atomic E-state index is -0.540. The number of rotatable bonds is 3. The first kappa shape index (κ1) is 16.0. The highest BCUT2D eigenvalue weighted by Gasteiger charge is 2.20. The van der Waals surface area contributed by atoms with Crippen LogP contribution in [0.2, 0.25) is 0 Å². The summed E-state index contributed by atoms with van der Waals surface area (Å²) < 4.78 is 5.42. The van der Waals surface area contributed by atoms with E-state index in [1.54, 1.807) is 12.1 Å². The zero-order chi connectivity index (χ0) is 16.9. The lowest BCUT2D eigenvalue weighted by Gasteiger charge is -2.19. The third-order valence-corrected chi connectivity index (χ3v) is 3.97. The molecule has 3 rings (SSSR count). The van der Waals surface area contributed by atoms with Crippen LogP contribution in [-0.4, -0.2) is 35.7 Å². The van der Waals surface area contributed by atoms with Gasteiger partial charge in [0.2, 0.25) is 5.91 Å². The molecular formula is C17H19N3O4. The van der Waals surface area contributed by atoms with Gasteiger partial charge in [0.05, 0.1) is 0 Å². The van der Waals surface area contributed by atoms with Crippen molar-refractivity contribution in [3.8, 4) is 0 Å². The number of hydrazine groups is 1. The molecular weight excluding hydrogens is 310 g/mol. The maximum absolute atomic E-state index is 12.0. The van der Waals surface area contributed by atoms with Gasteiger partial charge in [-0.3, -0.25) is 25.2 Å². The van der Waals surface area contributed by atoms with Gasteiger partial charge in [-0.05, 0) is 25.0 Å². The average Bonchev–Trinajstić information content (AvgIpc) is 2.92. The predicted molar refractivity (Wildman–Crippen MR) is 86.9 cm³/mol. The van der Waals surface area contributed by atoms with Gasteiger partial charge in [0.1, 0.15) is 12.1 Å². The van der Waals surface area contributed by atoms with E-state index in [0.29, 0.717) is 18.5 Å². The van der Waals surface area contributed by atoms with Gasteiger partial charge in [0.25, 0.3) is 5.91 Å². The van der Waals surface area contributed by atoms with Crippen LogP contribution in [-0.2, 0) is 9.59 Å². The number of fused-ring (bicyclic) bond motifs is 1. The Hall–Kier alpha value is -2.83. The van der Waals surface area contributed by atoms with Gasteiger partial charge in [0, 0.05) is 18.4 Å². The Morgan fingerprint density at radius 2 is 1.96 bits per heavy atom. The molecule has 1 aliphatic rings.